The molecule has 10 heteroatoms. The summed E-state index contributed by atoms with van der Waals surface area (Å²) in [7, 11) is 2.13. The Morgan fingerprint density at radius 2 is 1.93 bits per heavy atom. The number of piperazine rings is 1. The summed E-state index contributed by atoms with van der Waals surface area (Å²) in [5.41, 5.74) is 6.65. The lowest BCUT2D eigenvalue weighted by Gasteiger charge is -2.32. The number of nitrogen functional groups attached to an aromatic ring is 1. The van der Waals surface area contributed by atoms with Crippen LogP contribution in [0, 0.1) is 0 Å². The van der Waals surface area contributed by atoms with Gasteiger partial charge in [-0.3, -0.25) is 5.32 Å². The van der Waals surface area contributed by atoms with Gasteiger partial charge in [0, 0.05) is 47.8 Å². The average Bonchev–Trinajstić information content (AvgIpc) is 3.17. The Hall–Kier alpha value is -2.43. The maximum absolute atomic E-state index is 5.93. The number of likely N-dealkylation sites (N-methyl/N-ethyl adjacent to an activating group) is 1. The predicted molar refractivity (Wildman–Crippen MR) is 124 cm³/mol. The van der Waals surface area contributed by atoms with Gasteiger partial charge in [-0.25, -0.2) is 4.98 Å². The van der Waals surface area contributed by atoms with Crippen LogP contribution in [-0.4, -0.2) is 58.1 Å². The van der Waals surface area contributed by atoms with Crippen molar-refractivity contribution in [2.75, 3.05) is 49.2 Å². The molecule has 2 aromatic heterocycles. The van der Waals surface area contributed by atoms with Crippen LogP contribution in [0.15, 0.2) is 40.5 Å². The van der Waals surface area contributed by atoms with E-state index in [1.165, 1.54) is 16.6 Å². The highest BCUT2D eigenvalue weighted by atomic mass is 32.2. The lowest BCUT2D eigenvalue weighted by molar-refractivity contribution is 0.311. The Morgan fingerprint density at radius 3 is 2.63 bits per heavy atom. The topological polar surface area (TPSA) is 96.1 Å². The fraction of sp³-hybridized carbons (Fsp3) is 0.400. The van der Waals surface area contributed by atoms with E-state index in [0.29, 0.717) is 23.0 Å². The van der Waals surface area contributed by atoms with Crippen molar-refractivity contribution in [2.45, 2.75) is 29.8 Å². The number of nitrogens with one attached hydrogen (secondary N) is 1. The zero-order valence-corrected chi connectivity index (χ0v) is 19.0. The van der Waals surface area contributed by atoms with Gasteiger partial charge < -0.3 is 15.5 Å². The lowest BCUT2D eigenvalue weighted by atomic mass is 10.2. The number of nitrogens with two attached hydrogens (primary N) is 1. The molecule has 0 bridgehead atoms. The molecule has 158 valence electrons. The number of rotatable bonds is 6. The molecular formula is C20H26N8S2. The molecule has 0 aliphatic carbocycles. The van der Waals surface area contributed by atoms with Crippen LogP contribution in [0.1, 0.15) is 24.6 Å². The summed E-state index contributed by atoms with van der Waals surface area (Å²) >= 11 is 3.10. The van der Waals surface area contributed by atoms with Gasteiger partial charge >= 0.3 is 0 Å². The Morgan fingerprint density at radius 1 is 1.13 bits per heavy atom. The van der Waals surface area contributed by atoms with Crippen molar-refractivity contribution in [2.24, 2.45) is 0 Å². The molecule has 3 heterocycles. The number of aromatic nitrogens is 4. The molecule has 1 aliphatic rings. The molecule has 3 N–H and O–H groups in total. The first-order valence-corrected chi connectivity index (χ1v) is 11.6. The molecule has 0 spiro atoms. The molecule has 3 aromatic rings. The molecule has 1 saturated heterocycles. The average molecular weight is 443 g/mol. The van der Waals surface area contributed by atoms with Gasteiger partial charge in [0.15, 0.2) is 10.3 Å². The molecule has 0 saturated carbocycles. The zero-order chi connectivity index (χ0) is 21.1. The van der Waals surface area contributed by atoms with Gasteiger partial charge in [-0.1, -0.05) is 19.9 Å². The summed E-state index contributed by atoms with van der Waals surface area (Å²) in [5.74, 6) is 1.63. The fourth-order valence-corrected chi connectivity index (χ4v) is 4.61. The number of hydrogen-bond donors (Lipinski definition) is 2. The van der Waals surface area contributed by atoms with Crippen molar-refractivity contribution >= 4 is 45.8 Å². The highest BCUT2D eigenvalue weighted by Crippen LogP contribution is 2.30. The second-order valence-corrected chi connectivity index (χ2v) is 9.66. The molecule has 1 aliphatic heterocycles. The van der Waals surface area contributed by atoms with Gasteiger partial charge in [-0.15, -0.1) is 11.3 Å². The Bertz CT molecular complexity index is 998. The van der Waals surface area contributed by atoms with Gasteiger partial charge in [-0.05, 0) is 42.9 Å². The monoisotopic (exact) mass is 442 g/mol. The van der Waals surface area contributed by atoms with Gasteiger partial charge in [0.1, 0.15) is 0 Å². The van der Waals surface area contributed by atoms with Gasteiger partial charge in [0.25, 0.3) is 0 Å². The van der Waals surface area contributed by atoms with Crippen LogP contribution in [0.5, 0.6) is 0 Å². The molecule has 4 rings (SSSR count). The van der Waals surface area contributed by atoms with Crippen molar-refractivity contribution < 1.29 is 0 Å². The Kier molecular flexibility index (Phi) is 6.35. The minimum absolute atomic E-state index is 0.437. The van der Waals surface area contributed by atoms with Crippen molar-refractivity contribution in [1.82, 2.24) is 24.8 Å². The first kappa shape index (κ1) is 20.8. The molecule has 0 unspecified atom stereocenters. The second kappa shape index (κ2) is 9.15. The SMILES string of the molecule is CC(C)c1cnc(Nc2nc(Sc3cccc(N)c3)nc(N3CCN(C)CC3)n2)s1. The van der Waals surface area contributed by atoms with E-state index in [0.717, 1.165) is 41.9 Å². The first-order chi connectivity index (χ1) is 14.5. The standard InChI is InChI=1S/C20H26N8S2/c1-13(2)16-12-22-19(30-16)24-17-23-18(28-9-7-27(3)8-10-28)26-20(25-17)29-15-6-4-5-14(21)11-15/h4-6,11-13H,7-10,21H2,1-3H3,(H,22,23,24,25,26). The predicted octanol–water partition coefficient (Wildman–Crippen LogP) is 3.68. The minimum Gasteiger partial charge on any atom is -0.399 e. The Labute approximate surface area is 185 Å². The highest BCUT2D eigenvalue weighted by Gasteiger charge is 2.19. The molecule has 0 atom stereocenters. The molecule has 8 nitrogen and oxygen atoms in total. The number of anilines is 4. The van der Waals surface area contributed by atoms with E-state index >= 15 is 0 Å². The maximum atomic E-state index is 5.93. The third-order valence-corrected chi connectivity index (χ3v) is 6.84. The molecule has 0 radical (unpaired) electrons. The van der Waals surface area contributed by atoms with Crippen molar-refractivity contribution in [3.05, 3.63) is 35.3 Å². The lowest BCUT2D eigenvalue weighted by Crippen LogP contribution is -2.45. The van der Waals surface area contributed by atoms with Gasteiger partial charge in [-0.2, -0.15) is 15.0 Å². The van der Waals surface area contributed by atoms with E-state index < -0.39 is 0 Å². The fourth-order valence-electron chi connectivity index (χ4n) is 2.99. The van der Waals surface area contributed by atoms with E-state index in [1.54, 1.807) is 11.3 Å². The highest BCUT2D eigenvalue weighted by molar-refractivity contribution is 7.99. The molecule has 30 heavy (non-hydrogen) atoms. The summed E-state index contributed by atoms with van der Waals surface area (Å²) in [6.07, 6.45) is 1.91. The quantitative estimate of drug-likeness (QED) is 0.554. The summed E-state index contributed by atoms with van der Waals surface area (Å²) in [6.45, 7) is 8.05. The molecule has 1 aromatic carbocycles. The smallest absolute Gasteiger partial charge is 0.234 e. The summed E-state index contributed by atoms with van der Waals surface area (Å²) in [5, 5.41) is 4.69. The van der Waals surface area contributed by atoms with Crippen LogP contribution in [-0.2, 0) is 0 Å². The van der Waals surface area contributed by atoms with E-state index in [9.17, 15) is 0 Å². The van der Waals surface area contributed by atoms with Crippen molar-refractivity contribution in [3.63, 3.8) is 0 Å². The minimum atomic E-state index is 0.437. The van der Waals surface area contributed by atoms with Crippen LogP contribution < -0.4 is 16.0 Å². The Balaban J connectivity index is 1.62. The van der Waals surface area contributed by atoms with Crippen LogP contribution in [0.3, 0.4) is 0 Å². The van der Waals surface area contributed by atoms with Crippen LogP contribution >= 0.6 is 23.1 Å². The number of thiazole rings is 1. The molecule has 1 fully saturated rings. The third kappa shape index (κ3) is 5.18. The van der Waals surface area contributed by atoms with Crippen molar-refractivity contribution in [1.29, 1.82) is 0 Å². The zero-order valence-electron chi connectivity index (χ0n) is 17.4. The van der Waals surface area contributed by atoms with Gasteiger partial charge in [0.2, 0.25) is 11.9 Å². The number of benzene rings is 1. The van der Waals surface area contributed by atoms with Crippen LogP contribution in [0.2, 0.25) is 0 Å². The molecule has 0 amide bonds. The maximum Gasteiger partial charge on any atom is 0.234 e. The van der Waals surface area contributed by atoms with E-state index in [1.807, 2.05) is 30.5 Å². The van der Waals surface area contributed by atoms with Crippen molar-refractivity contribution in [3.8, 4) is 0 Å². The van der Waals surface area contributed by atoms with E-state index in [-0.39, 0.29) is 0 Å². The normalized spacial score (nSPS) is 15.0. The third-order valence-electron chi connectivity index (χ3n) is 4.77. The number of hydrogen-bond acceptors (Lipinski definition) is 10. The summed E-state index contributed by atoms with van der Waals surface area (Å²) in [4.78, 5) is 25.3. The van der Waals surface area contributed by atoms with Crippen LogP contribution in [0.25, 0.3) is 0 Å². The van der Waals surface area contributed by atoms with Gasteiger partial charge in [0.05, 0.1) is 0 Å². The first-order valence-electron chi connectivity index (χ1n) is 9.92. The second-order valence-electron chi connectivity index (χ2n) is 7.55. The van der Waals surface area contributed by atoms with E-state index in [2.05, 4.69) is 46.0 Å². The number of nitrogens with zero attached hydrogens (tertiary/aromatic N) is 6. The summed E-state index contributed by atoms with van der Waals surface area (Å²) < 4.78 is 0. The van der Waals surface area contributed by atoms with E-state index in [4.69, 9.17) is 15.7 Å². The van der Waals surface area contributed by atoms with Crippen LogP contribution in [0.4, 0.5) is 22.7 Å². The largest absolute Gasteiger partial charge is 0.399 e. The summed E-state index contributed by atoms with van der Waals surface area (Å²) in [6, 6.07) is 7.73. The molecular weight excluding hydrogens is 416 g/mol.